The number of fused-ring (bicyclic) bond motifs is 1. The maximum absolute atomic E-state index is 12.2. The summed E-state index contributed by atoms with van der Waals surface area (Å²) in [5.41, 5.74) is 5.38. The molecule has 1 amide bonds. The molecule has 0 radical (unpaired) electrons. The van der Waals surface area contributed by atoms with Crippen LogP contribution in [-0.2, 0) is 17.8 Å². The van der Waals surface area contributed by atoms with Crippen molar-refractivity contribution in [2.24, 2.45) is 0 Å². The van der Waals surface area contributed by atoms with Crippen LogP contribution in [0.2, 0.25) is 5.02 Å². The molecule has 0 unspecified atom stereocenters. The van der Waals surface area contributed by atoms with Crippen molar-refractivity contribution in [3.8, 4) is 5.75 Å². The SMILES string of the molecule is Cc1ccc(C)c(OCC(=O)NCCCc2nc3ccccc3n2Cc2ccc(Cl)cc2)c1. The van der Waals surface area contributed by atoms with Crippen molar-refractivity contribution in [1.29, 1.82) is 0 Å². The van der Waals surface area contributed by atoms with Crippen LogP contribution in [0.25, 0.3) is 11.0 Å². The van der Waals surface area contributed by atoms with E-state index in [1.807, 2.05) is 74.5 Å². The van der Waals surface area contributed by atoms with Crippen LogP contribution in [0.5, 0.6) is 5.75 Å². The Labute approximate surface area is 199 Å². The zero-order valence-corrected chi connectivity index (χ0v) is 19.7. The molecule has 170 valence electrons. The summed E-state index contributed by atoms with van der Waals surface area (Å²) >= 11 is 6.04. The minimum Gasteiger partial charge on any atom is -0.483 e. The Morgan fingerprint density at radius 3 is 2.67 bits per heavy atom. The highest BCUT2D eigenvalue weighted by atomic mass is 35.5. The number of hydrogen-bond acceptors (Lipinski definition) is 3. The largest absolute Gasteiger partial charge is 0.483 e. The van der Waals surface area contributed by atoms with E-state index < -0.39 is 0 Å². The third-order valence-electron chi connectivity index (χ3n) is 5.59. The van der Waals surface area contributed by atoms with E-state index in [1.165, 1.54) is 5.56 Å². The normalized spacial score (nSPS) is 11.0. The first kappa shape index (κ1) is 22.9. The van der Waals surface area contributed by atoms with Gasteiger partial charge in [0.2, 0.25) is 0 Å². The molecule has 0 aliphatic rings. The molecule has 3 aromatic carbocycles. The molecule has 0 aliphatic heterocycles. The van der Waals surface area contributed by atoms with Gasteiger partial charge in [0, 0.05) is 24.5 Å². The van der Waals surface area contributed by atoms with Crippen LogP contribution < -0.4 is 10.1 Å². The summed E-state index contributed by atoms with van der Waals surface area (Å²) < 4.78 is 7.93. The van der Waals surface area contributed by atoms with Crippen LogP contribution in [0.15, 0.2) is 66.7 Å². The van der Waals surface area contributed by atoms with Crippen LogP contribution in [0.3, 0.4) is 0 Å². The number of para-hydroxylation sites is 2. The number of halogens is 1. The summed E-state index contributed by atoms with van der Waals surface area (Å²) in [6, 6.07) is 22.0. The third-order valence-corrected chi connectivity index (χ3v) is 5.84. The number of rotatable bonds is 9. The van der Waals surface area contributed by atoms with Gasteiger partial charge in [-0.2, -0.15) is 0 Å². The molecule has 1 aromatic heterocycles. The van der Waals surface area contributed by atoms with Crippen molar-refractivity contribution in [1.82, 2.24) is 14.9 Å². The van der Waals surface area contributed by atoms with Gasteiger partial charge in [0.05, 0.1) is 11.0 Å². The number of carbonyl (C=O) groups is 1. The molecule has 6 heteroatoms. The van der Waals surface area contributed by atoms with Gasteiger partial charge in [-0.25, -0.2) is 4.98 Å². The Bertz CT molecular complexity index is 1250. The molecule has 33 heavy (non-hydrogen) atoms. The molecule has 0 saturated heterocycles. The van der Waals surface area contributed by atoms with Gasteiger partial charge in [0.1, 0.15) is 11.6 Å². The molecule has 0 atom stereocenters. The number of benzene rings is 3. The third kappa shape index (κ3) is 5.93. The number of hydrogen-bond donors (Lipinski definition) is 1. The number of carbonyl (C=O) groups excluding carboxylic acids is 1. The minimum absolute atomic E-state index is 0.0133. The maximum Gasteiger partial charge on any atom is 0.257 e. The highest BCUT2D eigenvalue weighted by molar-refractivity contribution is 6.30. The van der Waals surface area contributed by atoms with Crippen LogP contribution >= 0.6 is 11.6 Å². The van der Waals surface area contributed by atoms with Crippen molar-refractivity contribution in [3.05, 3.63) is 94.3 Å². The molecule has 0 aliphatic carbocycles. The van der Waals surface area contributed by atoms with E-state index in [0.717, 1.165) is 58.1 Å². The van der Waals surface area contributed by atoms with Crippen LogP contribution in [0, 0.1) is 13.8 Å². The lowest BCUT2D eigenvalue weighted by Gasteiger charge is -2.11. The minimum atomic E-state index is -0.120. The summed E-state index contributed by atoms with van der Waals surface area (Å²) in [6.45, 7) is 5.29. The van der Waals surface area contributed by atoms with E-state index >= 15 is 0 Å². The van der Waals surface area contributed by atoms with Gasteiger partial charge in [0.25, 0.3) is 5.91 Å². The van der Waals surface area contributed by atoms with Gasteiger partial charge < -0.3 is 14.6 Å². The Morgan fingerprint density at radius 1 is 1.06 bits per heavy atom. The zero-order valence-electron chi connectivity index (χ0n) is 19.0. The van der Waals surface area contributed by atoms with Crippen LogP contribution in [0.1, 0.15) is 28.9 Å². The summed E-state index contributed by atoms with van der Waals surface area (Å²) in [6.07, 6.45) is 1.56. The fourth-order valence-corrected chi connectivity index (χ4v) is 3.92. The predicted molar refractivity (Wildman–Crippen MR) is 133 cm³/mol. The summed E-state index contributed by atoms with van der Waals surface area (Å²) in [5.74, 6) is 1.64. The summed E-state index contributed by atoms with van der Waals surface area (Å²) in [4.78, 5) is 17.1. The first-order chi connectivity index (χ1) is 16.0. The smallest absolute Gasteiger partial charge is 0.257 e. The highest BCUT2D eigenvalue weighted by Crippen LogP contribution is 2.20. The van der Waals surface area contributed by atoms with Gasteiger partial charge in [-0.15, -0.1) is 0 Å². The molecular formula is C27H28ClN3O2. The molecule has 0 bridgehead atoms. The van der Waals surface area contributed by atoms with Crippen molar-refractivity contribution >= 4 is 28.5 Å². The second-order valence-electron chi connectivity index (χ2n) is 8.24. The zero-order chi connectivity index (χ0) is 23.2. The number of nitrogens with zero attached hydrogens (tertiary/aromatic N) is 2. The van der Waals surface area contributed by atoms with E-state index in [1.54, 1.807) is 0 Å². The van der Waals surface area contributed by atoms with Gasteiger partial charge in [-0.05, 0) is 67.3 Å². The van der Waals surface area contributed by atoms with Crippen molar-refractivity contribution in [2.75, 3.05) is 13.2 Å². The van der Waals surface area contributed by atoms with Crippen molar-refractivity contribution in [2.45, 2.75) is 33.2 Å². The topological polar surface area (TPSA) is 56.1 Å². The molecule has 0 saturated carbocycles. The second-order valence-corrected chi connectivity index (χ2v) is 8.68. The first-order valence-electron chi connectivity index (χ1n) is 11.1. The van der Waals surface area contributed by atoms with Gasteiger partial charge in [0.15, 0.2) is 6.61 Å². The van der Waals surface area contributed by atoms with Crippen molar-refractivity contribution < 1.29 is 9.53 Å². The average Bonchev–Trinajstić information content (AvgIpc) is 3.16. The quantitative estimate of drug-likeness (QED) is 0.336. The summed E-state index contributed by atoms with van der Waals surface area (Å²) in [7, 11) is 0. The molecule has 4 rings (SSSR count). The molecular weight excluding hydrogens is 434 g/mol. The lowest BCUT2D eigenvalue weighted by molar-refractivity contribution is -0.123. The number of imidazole rings is 1. The highest BCUT2D eigenvalue weighted by Gasteiger charge is 2.11. The number of nitrogens with one attached hydrogen (secondary N) is 1. The van der Waals surface area contributed by atoms with Gasteiger partial charge in [-0.1, -0.05) is 48.0 Å². The Kier molecular flexibility index (Phi) is 7.30. The standard InChI is InChI=1S/C27H28ClN3O2/c1-19-9-10-20(2)25(16-19)33-18-27(32)29-15-5-8-26-30-23-6-3-4-7-24(23)31(26)17-21-11-13-22(28)14-12-21/h3-4,6-7,9-14,16H,5,8,15,17-18H2,1-2H3,(H,29,32). The monoisotopic (exact) mass is 461 g/mol. The fraction of sp³-hybridized carbons (Fsp3) is 0.259. The average molecular weight is 462 g/mol. The van der Waals surface area contributed by atoms with E-state index in [2.05, 4.69) is 16.0 Å². The lowest BCUT2D eigenvalue weighted by Crippen LogP contribution is -2.30. The molecule has 0 spiro atoms. The van der Waals surface area contributed by atoms with Crippen LogP contribution in [-0.4, -0.2) is 28.6 Å². The Hall–Kier alpha value is -3.31. The molecule has 5 nitrogen and oxygen atoms in total. The predicted octanol–water partition coefficient (Wildman–Crippen LogP) is 5.48. The van der Waals surface area contributed by atoms with Crippen LogP contribution in [0.4, 0.5) is 0 Å². The van der Waals surface area contributed by atoms with E-state index in [-0.39, 0.29) is 12.5 Å². The van der Waals surface area contributed by atoms with Crippen molar-refractivity contribution in [3.63, 3.8) is 0 Å². The van der Waals surface area contributed by atoms with Gasteiger partial charge in [-0.3, -0.25) is 4.79 Å². The van der Waals surface area contributed by atoms with E-state index in [4.69, 9.17) is 21.3 Å². The molecule has 1 N–H and O–H groups in total. The Morgan fingerprint density at radius 2 is 1.85 bits per heavy atom. The fourth-order valence-electron chi connectivity index (χ4n) is 3.80. The summed E-state index contributed by atoms with van der Waals surface area (Å²) in [5, 5.41) is 3.68. The molecule has 1 heterocycles. The van der Waals surface area contributed by atoms with E-state index in [9.17, 15) is 4.79 Å². The number of aromatic nitrogens is 2. The van der Waals surface area contributed by atoms with E-state index in [0.29, 0.717) is 6.54 Å². The maximum atomic E-state index is 12.2. The number of amides is 1. The number of aryl methyl sites for hydroxylation is 3. The first-order valence-corrected chi connectivity index (χ1v) is 11.5. The second kappa shape index (κ2) is 10.5. The lowest BCUT2D eigenvalue weighted by atomic mass is 10.1. The molecule has 4 aromatic rings. The Balaban J connectivity index is 1.34. The van der Waals surface area contributed by atoms with Gasteiger partial charge >= 0.3 is 0 Å². The number of ether oxygens (including phenoxy) is 1. The molecule has 0 fully saturated rings.